The normalized spacial score (nSPS) is 10.3. The zero-order chi connectivity index (χ0) is 13.8. The van der Waals surface area contributed by atoms with Crippen LogP contribution in [0.4, 0.5) is 10.2 Å². The molecule has 5 nitrogen and oxygen atoms in total. The van der Waals surface area contributed by atoms with Crippen LogP contribution in [-0.2, 0) is 0 Å². The molecule has 100 valence electrons. The van der Waals surface area contributed by atoms with Crippen molar-refractivity contribution in [2.45, 2.75) is 13.8 Å². The number of halogens is 1. The summed E-state index contributed by atoms with van der Waals surface area (Å²) >= 11 is 0. The Labute approximate surface area is 110 Å². The largest absolute Gasteiger partial charge is 0.493 e. The number of nitrogens with zero attached hydrogens (tertiary/aromatic N) is 2. The molecule has 0 spiro atoms. The quantitative estimate of drug-likeness (QED) is 0.653. The van der Waals surface area contributed by atoms with Gasteiger partial charge in [-0.05, 0) is 26.0 Å². The van der Waals surface area contributed by atoms with Gasteiger partial charge in [-0.3, -0.25) is 0 Å². The third kappa shape index (κ3) is 2.63. The molecular weight excluding hydrogens is 247 g/mol. The van der Waals surface area contributed by atoms with E-state index in [4.69, 9.17) is 10.6 Å². The fraction of sp³-hybridized carbons (Fsp3) is 0.231. The average molecular weight is 262 g/mol. The highest BCUT2D eigenvalue weighted by molar-refractivity contribution is 5.65. The maximum Gasteiger partial charge on any atom is 0.187 e. The number of hydrazine groups is 1. The lowest BCUT2D eigenvalue weighted by Gasteiger charge is -2.11. The number of nitrogens with two attached hydrogens (primary N) is 1. The van der Waals surface area contributed by atoms with Crippen LogP contribution >= 0.6 is 0 Å². The molecule has 2 aromatic rings. The lowest BCUT2D eigenvalue weighted by Crippen LogP contribution is -2.13. The van der Waals surface area contributed by atoms with Crippen molar-refractivity contribution in [3.8, 4) is 17.1 Å². The first kappa shape index (κ1) is 13.2. The Morgan fingerprint density at radius 2 is 2.05 bits per heavy atom. The van der Waals surface area contributed by atoms with Crippen LogP contribution in [0.2, 0.25) is 0 Å². The van der Waals surface area contributed by atoms with Crippen LogP contribution in [0, 0.1) is 12.7 Å². The number of anilines is 1. The van der Waals surface area contributed by atoms with Crippen molar-refractivity contribution >= 4 is 5.82 Å². The van der Waals surface area contributed by atoms with Gasteiger partial charge in [-0.15, -0.1) is 0 Å². The fourth-order valence-corrected chi connectivity index (χ4v) is 1.71. The number of benzene rings is 1. The van der Waals surface area contributed by atoms with E-state index in [0.29, 0.717) is 23.7 Å². The van der Waals surface area contributed by atoms with E-state index in [1.165, 1.54) is 0 Å². The van der Waals surface area contributed by atoms with Gasteiger partial charge in [0, 0.05) is 0 Å². The summed E-state index contributed by atoms with van der Waals surface area (Å²) in [5.74, 6) is 5.69. The Bertz CT molecular complexity index is 589. The standard InChI is InChI=1S/C13H15FN4O/c1-3-19-10-7-5-4-6-9(10)12-16-8(2)11(14)13(17-12)18-15/h4-7H,3,15H2,1-2H3,(H,16,17,18). The van der Waals surface area contributed by atoms with Crippen LogP contribution in [-0.4, -0.2) is 16.6 Å². The zero-order valence-corrected chi connectivity index (χ0v) is 10.8. The first-order valence-electron chi connectivity index (χ1n) is 5.90. The van der Waals surface area contributed by atoms with Gasteiger partial charge in [0.2, 0.25) is 0 Å². The van der Waals surface area contributed by atoms with Crippen molar-refractivity contribution in [1.29, 1.82) is 0 Å². The first-order valence-corrected chi connectivity index (χ1v) is 5.90. The number of aryl methyl sites for hydroxylation is 1. The summed E-state index contributed by atoms with van der Waals surface area (Å²) in [5.41, 5.74) is 3.16. The van der Waals surface area contributed by atoms with Crippen molar-refractivity contribution in [3.05, 3.63) is 35.8 Å². The van der Waals surface area contributed by atoms with Gasteiger partial charge in [0.05, 0.1) is 17.9 Å². The van der Waals surface area contributed by atoms with E-state index in [9.17, 15) is 4.39 Å². The molecule has 0 unspecified atom stereocenters. The number of para-hydroxylation sites is 1. The molecule has 1 aromatic heterocycles. The third-order valence-electron chi connectivity index (χ3n) is 2.58. The van der Waals surface area contributed by atoms with E-state index in [2.05, 4.69) is 15.4 Å². The summed E-state index contributed by atoms with van der Waals surface area (Å²) in [4.78, 5) is 8.20. The predicted molar refractivity (Wildman–Crippen MR) is 71.1 cm³/mol. The lowest BCUT2D eigenvalue weighted by atomic mass is 10.2. The molecule has 1 heterocycles. The molecule has 0 radical (unpaired) electrons. The highest BCUT2D eigenvalue weighted by Gasteiger charge is 2.14. The molecule has 19 heavy (non-hydrogen) atoms. The topological polar surface area (TPSA) is 73.1 Å². The van der Waals surface area contributed by atoms with Crippen molar-refractivity contribution in [3.63, 3.8) is 0 Å². The monoisotopic (exact) mass is 262 g/mol. The van der Waals surface area contributed by atoms with Crippen LogP contribution in [0.3, 0.4) is 0 Å². The van der Waals surface area contributed by atoms with E-state index in [1.54, 1.807) is 6.92 Å². The molecule has 3 N–H and O–H groups in total. The summed E-state index contributed by atoms with van der Waals surface area (Å²) in [6, 6.07) is 7.33. The van der Waals surface area contributed by atoms with Crippen LogP contribution in [0.1, 0.15) is 12.6 Å². The first-order chi connectivity index (χ1) is 9.17. The number of hydrogen-bond acceptors (Lipinski definition) is 5. The van der Waals surface area contributed by atoms with Crippen LogP contribution in [0.15, 0.2) is 24.3 Å². The molecule has 6 heteroatoms. The maximum atomic E-state index is 13.6. The van der Waals surface area contributed by atoms with Gasteiger partial charge in [-0.2, -0.15) is 0 Å². The van der Waals surface area contributed by atoms with Gasteiger partial charge < -0.3 is 10.2 Å². The number of hydrogen-bond donors (Lipinski definition) is 2. The van der Waals surface area contributed by atoms with Gasteiger partial charge in [-0.25, -0.2) is 20.2 Å². The Kier molecular flexibility index (Phi) is 3.91. The summed E-state index contributed by atoms with van der Waals surface area (Å²) in [6.45, 7) is 3.98. The SMILES string of the molecule is CCOc1ccccc1-c1nc(C)c(F)c(NN)n1. The van der Waals surface area contributed by atoms with E-state index in [1.807, 2.05) is 31.2 Å². The van der Waals surface area contributed by atoms with E-state index in [0.717, 1.165) is 0 Å². The van der Waals surface area contributed by atoms with Crippen molar-refractivity contribution < 1.29 is 9.13 Å². The molecule has 0 atom stereocenters. The molecule has 0 aliphatic carbocycles. The fourth-order valence-electron chi connectivity index (χ4n) is 1.71. The number of rotatable bonds is 4. The van der Waals surface area contributed by atoms with Crippen molar-refractivity contribution in [1.82, 2.24) is 9.97 Å². The molecule has 2 rings (SSSR count). The second kappa shape index (κ2) is 5.62. The molecule has 0 saturated carbocycles. The maximum absolute atomic E-state index is 13.6. The number of nitrogens with one attached hydrogen (secondary N) is 1. The van der Waals surface area contributed by atoms with Crippen molar-refractivity contribution in [2.75, 3.05) is 12.0 Å². The van der Waals surface area contributed by atoms with E-state index in [-0.39, 0.29) is 11.5 Å². The van der Waals surface area contributed by atoms with Crippen LogP contribution in [0.25, 0.3) is 11.4 Å². The van der Waals surface area contributed by atoms with Crippen molar-refractivity contribution in [2.24, 2.45) is 5.84 Å². The van der Waals surface area contributed by atoms with Crippen LogP contribution in [0.5, 0.6) is 5.75 Å². The molecule has 0 amide bonds. The molecule has 0 aliphatic rings. The molecule has 0 aliphatic heterocycles. The number of ether oxygens (including phenoxy) is 1. The second-order valence-corrected chi connectivity index (χ2v) is 3.87. The molecular formula is C13H15FN4O. The average Bonchev–Trinajstić information content (AvgIpc) is 2.43. The molecule has 0 fully saturated rings. The predicted octanol–water partition coefficient (Wildman–Crippen LogP) is 2.28. The minimum absolute atomic E-state index is 0.0335. The third-order valence-corrected chi connectivity index (χ3v) is 2.58. The molecule has 0 saturated heterocycles. The van der Waals surface area contributed by atoms with Gasteiger partial charge in [-0.1, -0.05) is 12.1 Å². The highest BCUT2D eigenvalue weighted by Crippen LogP contribution is 2.28. The summed E-state index contributed by atoms with van der Waals surface area (Å²) in [5, 5.41) is 0. The zero-order valence-electron chi connectivity index (χ0n) is 10.8. The number of nitrogen functional groups attached to an aromatic ring is 1. The van der Waals surface area contributed by atoms with E-state index < -0.39 is 5.82 Å². The summed E-state index contributed by atoms with van der Waals surface area (Å²) in [7, 11) is 0. The van der Waals surface area contributed by atoms with E-state index >= 15 is 0 Å². The number of aromatic nitrogens is 2. The molecule has 1 aromatic carbocycles. The summed E-state index contributed by atoms with van der Waals surface area (Å²) < 4.78 is 19.2. The Balaban J connectivity index is 2.56. The minimum atomic E-state index is -0.555. The smallest absolute Gasteiger partial charge is 0.187 e. The van der Waals surface area contributed by atoms with Crippen LogP contribution < -0.4 is 16.0 Å². The summed E-state index contributed by atoms with van der Waals surface area (Å²) in [6.07, 6.45) is 0. The van der Waals surface area contributed by atoms with Gasteiger partial charge in [0.15, 0.2) is 17.5 Å². The van der Waals surface area contributed by atoms with Gasteiger partial charge in [0.1, 0.15) is 5.75 Å². The highest BCUT2D eigenvalue weighted by atomic mass is 19.1. The lowest BCUT2D eigenvalue weighted by molar-refractivity contribution is 0.341. The Morgan fingerprint density at radius 3 is 2.74 bits per heavy atom. The Hall–Kier alpha value is -2.21. The minimum Gasteiger partial charge on any atom is -0.493 e. The molecule has 0 bridgehead atoms. The van der Waals surface area contributed by atoms with Gasteiger partial charge in [0.25, 0.3) is 0 Å². The Morgan fingerprint density at radius 1 is 1.32 bits per heavy atom. The van der Waals surface area contributed by atoms with Gasteiger partial charge >= 0.3 is 0 Å². The second-order valence-electron chi connectivity index (χ2n) is 3.87.